The molecule has 0 atom stereocenters. The number of piperidine rings is 4. The molecule has 10 heterocycles. The smallest absolute Gasteiger partial charge is 0.165 e. The van der Waals surface area contributed by atoms with Crippen molar-refractivity contribution in [3.63, 3.8) is 0 Å². The first kappa shape index (κ1) is 90.4. The van der Waals surface area contributed by atoms with Crippen LogP contribution in [0, 0.1) is 11.7 Å². The van der Waals surface area contributed by atoms with Gasteiger partial charge in [0.1, 0.15) is 34.9 Å². The van der Waals surface area contributed by atoms with Crippen molar-refractivity contribution in [1.29, 1.82) is 0 Å². The number of ether oxygens (including phenoxy) is 4. The Kier molecular flexibility index (Phi) is 32.3. The SMILES string of the molecule is CCC(=O)c1cn(CCCN2CCC(c3nc4ccccc4s3)CC2)c2ccccc12.CCCCC(=O)c1cn(CCCN2CCC(CCCC)CC2)c2ccc(OC)cc12.COc1ccc2c(C(C)=O)cn(CCCN3CCC(Oc4ccc(F)cc4)CC3)c2c1.COc1ccc2c(C(C)=O)cn(CCCN3CCC(c4nc5ccccc5s4)CC3)c2c1. The maximum atomic E-state index is 13.0. The molecule has 0 amide bonds. The Hall–Kier alpha value is -9.87. The van der Waals surface area contributed by atoms with Crippen LogP contribution < -0.4 is 18.9 Å². The zero-order chi connectivity index (χ0) is 86.4. The second kappa shape index (κ2) is 44.3. The summed E-state index contributed by atoms with van der Waals surface area (Å²) in [6.45, 7) is 26.6. The van der Waals surface area contributed by atoms with Gasteiger partial charge < -0.3 is 56.8 Å². The van der Waals surface area contributed by atoms with E-state index in [-0.39, 0.29) is 35.1 Å². The Morgan fingerprint density at radius 1 is 0.395 bits per heavy atom. The maximum Gasteiger partial charge on any atom is 0.165 e. The summed E-state index contributed by atoms with van der Waals surface area (Å²) in [4.78, 5) is 69.3. The predicted octanol–water partition coefficient (Wildman–Crippen LogP) is 23.1. The second-order valence-corrected chi connectivity index (χ2v) is 36.4. The number of aryl methyl sites for hydroxylation is 4. The Bertz CT molecular complexity index is 5600. The number of carbonyl (C=O) groups excluding carboxylic acids is 4. The lowest BCUT2D eigenvalue weighted by atomic mass is 9.91. The molecule has 13 aromatic rings. The van der Waals surface area contributed by atoms with E-state index in [9.17, 15) is 23.6 Å². The lowest BCUT2D eigenvalue weighted by Crippen LogP contribution is -2.38. The van der Waals surface area contributed by atoms with Gasteiger partial charge in [-0.2, -0.15) is 0 Å². The fraction of sp³-hybridized carbons (Fsp3) is 0.456. The molecule has 124 heavy (non-hydrogen) atoms. The van der Waals surface area contributed by atoms with Crippen LogP contribution >= 0.6 is 22.7 Å². The minimum Gasteiger partial charge on any atom is -0.497 e. The number of ketones is 4. The van der Waals surface area contributed by atoms with Crippen LogP contribution in [0.5, 0.6) is 23.0 Å². The van der Waals surface area contributed by atoms with Crippen molar-refractivity contribution < 1.29 is 42.5 Å². The van der Waals surface area contributed by atoms with Gasteiger partial charge in [-0.15, -0.1) is 22.7 Å². The van der Waals surface area contributed by atoms with Crippen LogP contribution in [0.15, 0.2) is 176 Å². The van der Waals surface area contributed by atoms with Gasteiger partial charge >= 0.3 is 0 Å². The summed E-state index contributed by atoms with van der Waals surface area (Å²) >= 11 is 3.73. The summed E-state index contributed by atoms with van der Waals surface area (Å²) in [6, 6.07) is 49.4. The fourth-order valence-electron chi connectivity index (χ4n) is 18.6. The number of nitrogens with zero attached hydrogens (tertiary/aromatic N) is 10. The molecule has 4 aliphatic rings. The number of halogens is 1. The van der Waals surface area contributed by atoms with Gasteiger partial charge in [-0.25, -0.2) is 14.4 Å². The van der Waals surface area contributed by atoms with E-state index in [1.807, 2.05) is 96.6 Å². The third-order valence-electron chi connectivity index (χ3n) is 25.8. The van der Waals surface area contributed by atoms with Crippen molar-refractivity contribution in [2.24, 2.45) is 5.92 Å². The second-order valence-electron chi connectivity index (χ2n) is 34.3. The summed E-state index contributed by atoms with van der Waals surface area (Å²) < 4.78 is 46.7. The van der Waals surface area contributed by atoms with Crippen molar-refractivity contribution >= 4 is 110 Å². The van der Waals surface area contributed by atoms with Crippen LogP contribution in [-0.4, -0.2) is 177 Å². The summed E-state index contributed by atoms with van der Waals surface area (Å²) in [5.41, 5.74) is 9.99. The molecule has 17 rings (SSSR count). The predicted molar refractivity (Wildman–Crippen MR) is 506 cm³/mol. The number of methoxy groups -OCH3 is 3. The molecule has 7 aromatic carbocycles. The van der Waals surface area contributed by atoms with E-state index >= 15 is 0 Å². The number of para-hydroxylation sites is 3. The van der Waals surface area contributed by atoms with Crippen molar-refractivity contribution in [3.8, 4) is 23.0 Å². The van der Waals surface area contributed by atoms with Gasteiger partial charge in [0.2, 0.25) is 0 Å². The maximum absolute atomic E-state index is 13.0. The molecule has 0 bridgehead atoms. The van der Waals surface area contributed by atoms with Crippen molar-refractivity contribution in [3.05, 3.63) is 215 Å². The quantitative estimate of drug-likeness (QED) is 0.0350. The Labute approximate surface area is 739 Å². The zero-order valence-electron chi connectivity index (χ0n) is 74.2. The minimum absolute atomic E-state index is 0.0807. The van der Waals surface area contributed by atoms with E-state index in [0.29, 0.717) is 24.7 Å². The summed E-state index contributed by atoms with van der Waals surface area (Å²) in [5.74, 6) is 5.73. The molecule has 0 unspecified atom stereocenters. The highest BCUT2D eigenvalue weighted by Gasteiger charge is 2.28. The van der Waals surface area contributed by atoms with E-state index in [2.05, 4.69) is 137 Å². The average Bonchev–Trinajstić information content (AvgIpc) is 1.65. The normalized spacial score (nSPS) is 15.6. The molecule has 0 aliphatic carbocycles. The molecule has 0 radical (unpaired) electrons. The topological polar surface area (TPSA) is 164 Å². The number of rotatable bonds is 34. The number of carbonyl (C=O) groups is 4. The highest BCUT2D eigenvalue weighted by molar-refractivity contribution is 7.19. The highest BCUT2D eigenvalue weighted by atomic mass is 32.1. The van der Waals surface area contributed by atoms with E-state index in [1.165, 1.54) is 108 Å². The lowest BCUT2D eigenvalue weighted by Gasteiger charge is -2.32. The minimum atomic E-state index is -0.244. The van der Waals surface area contributed by atoms with Crippen LogP contribution in [0.1, 0.15) is 220 Å². The van der Waals surface area contributed by atoms with E-state index in [4.69, 9.17) is 28.9 Å². The number of unbranched alkanes of at least 4 members (excludes halogenated alkanes) is 2. The summed E-state index contributed by atoms with van der Waals surface area (Å²) in [7, 11) is 5.02. The van der Waals surface area contributed by atoms with Crippen LogP contribution in [0.2, 0.25) is 0 Å². The molecule has 656 valence electrons. The van der Waals surface area contributed by atoms with Crippen molar-refractivity contribution in [2.45, 2.75) is 201 Å². The molecule has 0 saturated carbocycles. The number of hydrogen-bond donors (Lipinski definition) is 0. The van der Waals surface area contributed by atoms with Crippen molar-refractivity contribution in [1.82, 2.24) is 47.8 Å². The summed E-state index contributed by atoms with van der Waals surface area (Å²) in [5, 5.41) is 6.73. The Balaban J connectivity index is 0.000000135. The standard InChI is InChI=1S/C26H29N3O2S.C26H29N3OS.C26H40N2O2.C25H29FN2O3/c1-18(30)22-17-29(24-16-20(31-2)8-9-21(22)24)13-5-12-28-14-10-19(11-15-28)26-27-23-6-3-4-7-25(23)32-26;1-2-24(30)21-18-29(23-10-5-3-8-20(21)23)15-7-14-28-16-12-19(13-17-28)26-27-22-9-4-6-11-25(22)31-26;1-4-6-9-21-13-17-27(18-14-21)15-8-16-28-20-24(26(29)10-7-5-2)23-19-22(30-3)11-12-25(23)28;1-18(29)24-17-28(25-16-22(30-2)8-9-23(24)25)13-3-12-27-14-10-21(11-15-27)31-20-6-4-19(26)5-7-20/h3-4,6-9,16-17,19H,5,10-15H2,1-2H3;3-6,8-11,18-19H,2,7,12-17H2,1H3;11-12,19-21H,4-10,13-18H2,1-3H3;4-9,16-17,21H,3,10-15H2,1-2H3. The van der Waals surface area contributed by atoms with Crippen LogP contribution in [0.4, 0.5) is 4.39 Å². The molecule has 18 nitrogen and oxygen atoms in total. The molecule has 4 saturated heterocycles. The number of fused-ring (bicyclic) bond motifs is 6. The number of aromatic nitrogens is 6. The van der Waals surface area contributed by atoms with E-state index in [0.717, 1.165) is 243 Å². The first-order chi connectivity index (χ1) is 60.5. The van der Waals surface area contributed by atoms with Gasteiger partial charge in [0.15, 0.2) is 23.1 Å². The van der Waals surface area contributed by atoms with Crippen LogP contribution in [0.3, 0.4) is 0 Å². The monoisotopic (exact) mass is 1710 g/mol. The average molecular weight is 1720 g/mol. The number of thiazole rings is 2. The molecule has 0 spiro atoms. The molecule has 0 N–H and O–H groups in total. The summed E-state index contributed by atoms with van der Waals surface area (Å²) in [6.07, 6.45) is 29.3. The van der Waals surface area contributed by atoms with Crippen molar-refractivity contribution in [2.75, 3.05) is 99.9 Å². The zero-order valence-corrected chi connectivity index (χ0v) is 75.9. The Morgan fingerprint density at radius 2 is 0.790 bits per heavy atom. The van der Waals surface area contributed by atoms with Gasteiger partial charge in [-0.1, -0.05) is 88.9 Å². The van der Waals surface area contributed by atoms with E-state index < -0.39 is 0 Å². The van der Waals surface area contributed by atoms with E-state index in [1.54, 1.807) is 47.3 Å². The Morgan fingerprint density at radius 3 is 1.25 bits per heavy atom. The lowest BCUT2D eigenvalue weighted by molar-refractivity contribution is 0.0975. The van der Waals surface area contributed by atoms with Gasteiger partial charge in [0.05, 0.1) is 62.8 Å². The van der Waals surface area contributed by atoms with Gasteiger partial charge in [0.25, 0.3) is 0 Å². The molecular formula is C103H127FN10O8S2. The molecule has 4 fully saturated rings. The number of Topliss-reactive ketones (excluding diaryl/α,β-unsaturated/α-hetero) is 4. The van der Waals surface area contributed by atoms with Gasteiger partial charge in [-0.05, 0) is 266 Å². The fourth-order valence-corrected chi connectivity index (χ4v) is 20.9. The first-order valence-corrected chi connectivity index (χ1v) is 47.4. The van der Waals surface area contributed by atoms with Crippen LogP contribution in [-0.2, 0) is 26.2 Å². The van der Waals surface area contributed by atoms with Gasteiger partial charge in [0, 0.05) is 156 Å². The number of hydrogen-bond acceptors (Lipinski definition) is 16. The third-order valence-corrected chi connectivity index (χ3v) is 28.2. The molecule has 21 heteroatoms. The number of likely N-dealkylation sites (tertiary alicyclic amines) is 4. The molecule has 4 aliphatic heterocycles. The van der Waals surface area contributed by atoms with Gasteiger partial charge in [-0.3, -0.25) is 19.2 Å². The third kappa shape index (κ3) is 23.2. The largest absolute Gasteiger partial charge is 0.497 e. The number of benzene rings is 7. The molecular weight excluding hydrogens is 1590 g/mol. The first-order valence-electron chi connectivity index (χ1n) is 45.7. The van der Waals surface area contributed by atoms with Crippen LogP contribution in [0.25, 0.3) is 64.0 Å². The molecule has 6 aromatic heterocycles. The highest BCUT2D eigenvalue weighted by Crippen LogP contribution is 2.38.